The van der Waals surface area contributed by atoms with Crippen LogP contribution >= 0.6 is 0 Å². The number of carbonyl (C=O) groups is 1. The molecule has 0 aromatic heterocycles. The van der Waals surface area contributed by atoms with E-state index in [1.807, 2.05) is 6.07 Å². The van der Waals surface area contributed by atoms with Crippen LogP contribution in [-0.2, 0) is 16.6 Å². The van der Waals surface area contributed by atoms with Gasteiger partial charge < -0.3 is 9.64 Å². The molecule has 0 fully saturated rings. The number of rotatable bonds is 8. The van der Waals surface area contributed by atoms with Crippen molar-refractivity contribution < 1.29 is 31.1 Å². The molecule has 0 atom stereocenters. The first kappa shape index (κ1) is 23.2. The largest absolute Gasteiger partial charge is 0.573 e. The topological polar surface area (TPSA) is 99.5 Å². The van der Waals surface area contributed by atoms with Gasteiger partial charge in [-0.2, -0.15) is 5.26 Å². The zero-order valence-electron chi connectivity index (χ0n) is 15.8. The Labute approximate surface area is 171 Å². The fraction of sp³-hybridized carbons (Fsp3) is 0.263. The van der Waals surface area contributed by atoms with E-state index in [1.165, 1.54) is 54.4 Å². The minimum absolute atomic E-state index is 0.0140. The van der Waals surface area contributed by atoms with Crippen molar-refractivity contribution in [2.75, 3.05) is 13.6 Å². The van der Waals surface area contributed by atoms with Crippen molar-refractivity contribution in [1.29, 1.82) is 5.26 Å². The second-order valence-electron chi connectivity index (χ2n) is 6.15. The van der Waals surface area contributed by atoms with Crippen LogP contribution in [-0.4, -0.2) is 39.2 Å². The van der Waals surface area contributed by atoms with Gasteiger partial charge in [-0.05, 0) is 30.3 Å². The number of halogens is 3. The monoisotopic (exact) mass is 441 g/mol. The molecule has 0 aliphatic carbocycles. The quantitative estimate of drug-likeness (QED) is 0.635. The summed E-state index contributed by atoms with van der Waals surface area (Å²) in [6.07, 6.45) is -4.85. The van der Waals surface area contributed by atoms with Gasteiger partial charge in [-0.3, -0.25) is 4.79 Å². The summed E-state index contributed by atoms with van der Waals surface area (Å²) < 4.78 is 68.0. The molecule has 1 amide bonds. The average molecular weight is 441 g/mol. The number of nitrogens with one attached hydrogen (secondary N) is 1. The van der Waals surface area contributed by atoms with E-state index >= 15 is 0 Å². The van der Waals surface area contributed by atoms with Crippen LogP contribution in [0.5, 0.6) is 5.75 Å². The molecule has 160 valence electrons. The highest BCUT2D eigenvalue weighted by Crippen LogP contribution is 2.27. The molecule has 1 N–H and O–H groups in total. The van der Waals surface area contributed by atoms with Gasteiger partial charge in [-0.1, -0.05) is 18.2 Å². The summed E-state index contributed by atoms with van der Waals surface area (Å²) in [4.78, 5) is 13.7. The van der Waals surface area contributed by atoms with Crippen LogP contribution in [0.15, 0.2) is 53.4 Å². The van der Waals surface area contributed by atoms with Gasteiger partial charge in [0.05, 0.1) is 11.0 Å². The number of sulfonamides is 1. The molecular formula is C19H18F3N3O4S. The van der Waals surface area contributed by atoms with Crippen molar-refractivity contribution in [3.63, 3.8) is 0 Å². The molecule has 11 heteroatoms. The van der Waals surface area contributed by atoms with E-state index in [9.17, 15) is 26.4 Å². The lowest BCUT2D eigenvalue weighted by Crippen LogP contribution is -2.27. The second-order valence-corrected chi connectivity index (χ2v) is 7.91. The molecule has 0 saturated carbocycles. The summed E-state index contributed by atoms with van der Waals surface area (Å²) >= 11 is 0. The van der Waals surface area contributed by atoms with Gasteiger partial charge in [0.1, 0.15) is 5.75 Å². The van der Waals surface area contributed by atoms with Crippen LogP contribution in [0.1, 0.15) is 22.3 Å². The molecule has 0 aliphatic heterocycles. The van der Waals surface area contributed by atoms with Gasteiger partial charge in [0.15, 0.2) is 0 Å². The Kier molecular flexibility index (Phi) is 7.42. The van der Waals surface area contributed by atoms with Gasteiger partial charge in [0, 0.05) is 37.7 Å². The van der Waals surface area contributed by atoms with E-state index in [0.717, 1.165) is 6.07 Å². The standard InChI is InChI=1S/C19H18F3N3O4S/c1-25(13-15-5-2-3-6-17(15)29-19(20,21)22)18(26)14-7-9-16(10-8-14)30(27,28)24-12-4-11-23/h2-3,5-10,24H,4,12-13H2,1H3. The minimum Gasteiger partial charge on any atom is -0.405 e. The highest BCUT2D eigenvalue weighted by molar-refractivity contribution is 7.89. The van der Waals surface area contributed by atoms with Crippen molar-refractivity contribution >= 4 is 15.9 Å². The predicted octanol–water partition coefficient (Wildman–Crippen LogP) is 3.05. The third kappa shape index (κ3) is 6.47. The first-order valence-corrected chi connectivity index (χ1v) is 10.1. The zero-order valence-corrected chi connectivity index (χ0v) is 16.6. The first-order valence-electron chi connectivity index (χ1n) is 8.59. The van der Waals surface area contributed by atoms with Gasteiger partial charge in [-0.25, -0.2) is 13.1 Å². The number of hydrogen-bond acceptors (Lipinski definition) is 5. The SMILES string of the molecule is CN(Cc1ccccc1OC(F)(F)F)C(=O)c1ccc(S(=O)(=O)NCCC#N)cc1. The fourth-order valence-corrected chi connectivity index (χ4v) is 3.54. The maximum atomic E-state index is 12.6. The Balaban J connectivity index is 2.12. The smallest absolute Gasteiger partial charge is 0.405 e. The lowest BCUT2D eigenvalue weighted by atomic mass is 10.1. The molecule has 2 aromatic rings. The highest BCUT2D eigenvalue weighted by Gasteiger charge is 2.32. The third-order valence-electron chi connectivity index (χ3n) is 3.89. The molecule has 30 heavy (non-hydrogen) atoms. The maximum absolute atomic E-state index is 12.6. The van der Waals surface area contributed by atoms with Crippen molar-refractivity contribution in [3.05, 3.63) is 59.7 Å². The number of nitrogens with zero attached hydrogens (tertiary/aromatic N) is 2. The van der Waals surface area contributed by atoms with E-state index in [-0.39, 0.29) is 35.5 Å². The normalized spacial score (nSPS) is 11.6. The number of hydrogen-bond donors (Lipinski definition) is 1. The average Bonchev–Trinajstić information content (AvgIpc) is 2.68. The number of nitriles is 1. The van der Waals surface area contributed by atoms with Gasteiger partial charge in [-0.15, -0.1) is 13.2 Å². The first-order chi connectivity index (χ1) is 14.0. The van der Waals surface area contributed by atoms with Crippen LogP contribution in [0.2, 0.25) is 0 Å². The predicted molar refractivity (Wildman–Crippen MR) is 101 cm³/mol. The Morgan fingerprint density at radius 2 is 1.80 bits per heavy atom. The maximum Gasteiger partial charge on any atom is 0.573 e. The number of para-hydroxylation sites is 1. The summed E-state index contributed by atoms with van der Waals surface area (Å²) in [5.41, 5.74) is 0.314. The Hall–Kier alpha value is -3.10. The van der Waals surface area contributed by atoms with E-state index in [0.29, 0.717) is 0 Å². The molecule has 2 rings (SSSR count). The molecule has 0 radical (unpaired) electrons. The van der Waals surface area contributed by atoms with Gasteiger partial charge in [0.25, 0.3) is 5.91 Å². The van der Waals surface area contributed by atoms with Crippen LogP contribution < -0.4 is 9.46 Å². The summed E-state index contributed by atoms with van der Waals surface area (Å²) in [6.45, 7) is -0.192. The van der Waals surface area contributed by atoms with Crippen LogP contribution in [0, 0.1) is 11.3 Å². The number of amides is 1. The molecule has 2 aromatic carbocycles. The molecule has 0 bridgehead atoms. The minimum atomic E-state index is -4.86. The fourth-order valence-electron chi connectivity index (χ4n) is 2.51. The lowest BCUT2D eigenvalue weighted by molar-refractivity contribution is -0.275. The summed E-state index contributed by atoms with van der Waals surface area (Å²) in [5, 5.41) is 8.47. The van der Waals surface area contributed by atoms with Crippen molar-refractivity contribution in [2.45, 2.75) is 24.2 Å². The molecule has 0 unspecified atom stereocenters. The Bertz CT molecular complexity index is 1030. The summed E-state index contributed by atoms with van der Waals surface area (Å²) in [6, 6.07) is 12.4. The molecule has 0 aliphatic rings. The summed E-state index contributed by atoms with van der Waals surface area (Å²) in [5.74, 6) is -0.923. The molecule has 0 heterocycles. The number of benzene rings is 2. The van der Waals surface area contributed by atoms with E-state index in [1.54, 1.807) is 0 Å². The molecule has 0 saturated heterocycles. The van der Waals surface area contributed by atoms with Crippen LogP contribution in [0.3, 0.4) is 0 Å². The molecular weight excluding hydrogens is 423 g/mol. The van der Waals surface area contributed by atoms with Crippen molar-refractivity contribution in [2.24, 2.45) is 0 Å². The summed E-state index contributed by atoms with van der Waals surface area (Å²) in [7, 11) is -2.41. The van der Waals surface area contributed by atoms with Gasteiger partial charge in [0.2, 0.25) is 10.0 Å². The molecule has 0 spiro atoms. The van der Waals surface area contributed by atoms with Crippen molar-refractivity contribution in [1.82, 2.24) is 9.62 Å². The van der Waals surface area contributed by atoms with E-state index in [2.05, 4.69) is 9.46 Å². The number of carbonyl (C=O) groups excluding carboxylic acids is 1. The lowest BCUT2D eigenvalue weighted by Gasteiger charge is -2.20. The molecule has 7 nitrogen and oxygen atoms in total. The van der Waals surface area contributed by atoms with Crippen LogP contribution in [0.25, 0.3) is 0 Å². The Morgan fingerprint density at radius 3 is 2.40 bits per heavy atom. The van der Waals surface area contributed by atoms with Crippen molar-refractivity contribution in [3.8, 4) is 11.8 Å². The second kappa shape index (κ2) is 9.60. The number of ether oxygens (including phenoxy) is 1. The highest BCUT2D eigenvalue weighted by atomic mass is 32.2. The Morgan fingerprint density at radius 1 is 1.17 bits per heavy atom. The number of alkyl halides is 3. The van der Waals surface area contributed by atoms with Gasteiger partial charge >= 0.3 is 6.36 Å². The van der Waals surface area contributed by atoms with E-state index in [4.69, 9.17) is 5.26 Å². The zero-order chi connectivity index (χ0) is 22.4. The van der Waals surface area contributed by atoms with E-state index < -0.39 is 28.0 Å². The third-order valence-corrected chi connectivity index (χ3v) is 5.37. The van der Waals surface area contributed by atoms with Crippen LogP contribution in [0.4, 0.5) is 13.2 Å².